The average molecular weight is 272 g/mol. The lowest BCUT2D eigenvalue weighted by molar-refractivity contribution is 0.0724. The summed E-state index contributed by atoms with van der Waals surface area (Å²) in [4.78, 5) is 0. The van der Waals surface area contributed by atoms with Crippen molar-refractivity contribution in [1.29, 1.82) is 0 Å². The smallest absolute Gasteiger partial charge is 0.132 e. The van der Waals surface area contributed by atoms with Gasteiger partial charge in [0.2, 0.25) is 0 Å². The van der Waals surface area contributed by atoms with Gasteiger partial charge in [0.25, 0.3) is 0 Å². The third-order valence-corrected chi connectivity index (χ3v) is 4.09. The van der Waals surface area contributed by atoms with Gasteiger partial charge in [-0.1, -0.05) is 13.0 Å². The molecule has 1 aliphatic rings. The Kier molecular flexibility index (Phi) is 3.26. The number of hydrogen-bond donors (Lipinski definition) is 1. The van der Waals surface area contributed by atoms with Crippen molar-refractivity contribution in [3.05, 3.63) is 47.3 Å². The molecule has 0 saturated heterocycles. The van der Waals surface area contributed by atoms with Gasteiger partial charge in [0.1, 0.15) is 11.4 Å². The molecule has 1 unspecified atom stereocenters. The molecule has 3 rings (SSSR count). The topological polar surface area (TPSA) is 47.3 Å². The highest BCUT2D eigenvalue weighted by Gasteiger charge is 2.40. The molecule has 0 radical (unpaired) electrons. The summed E-state index contributed by atoms with van der Waals surface area (Å²) in [6.07, 6.45) is 4.34. The summed E-state index contributed by atoms with van der Waals surface area (Å²) in [6, 6.07) is 7.87. The highest BCUT2D eigenvalue weighted by molar-refractivity contribution is 5.47. The minimum atomic E-state index is -0.949. The summed E-state index contributed by atoms with van der Waals surface area (Å²) >= 11 is 0. The van der Waals surface area contributed by atoms with Gasteiger partial charge in [-0.15, -0.1) is 0 Å². The van der Waals surface area contributed by atoms with E-state index in [1.165, 1.54) is 5.56 Å². The third-order valence-electron chi connectivity index (χ3n) is 4.09. The Hall–Kier alpha value is -1.81. The fourth-order valence-corrected chi connectivity index (χ4v) is 3.08. The van der Waals surface area contributed by atoms with Gasteiger partial charge in [-0.2, -0.15) is 5.10 Å². The second kappa shape index (κ2) is 4.94. The molecule has 1 N–H and O–H groups in total. The van der Waals surface area contributed by atoms with Gasteiger partial charge >= 0.3 is 0 Å². The van der Waals surface area contributed by atoms with E-state index in [0.29, 0.717) is 6.42 Å². The Morgan fingerprint density at radius 2 is 2.25 bits per heavy atom. The van der Waals surface area contributed by atoms with Crippen LogP contribution in [-0.2, 0) is 18.6 Å². The molecule has 2 aromatic rings. The van der Waals surface area contributed by atoms with Crippen molar-refractivity contribution in [3.63, 3.8) is 0 Å². The second-order valence-electron chi connectivity index (χ2n) is 5.32. The fraction of sp³-hybridized carbons (Fsp3) is 0.438. The first-order chi connectivity index (χ1) is 9.69. The van der Waals surface area contributed by atoms with Gasteiger partial charge in [-0.05, 0) is 48.6 Å². The van der Waals surface area contributed by atoms with Crippen molar-refractivity contribution < 1.29 is 9.84 Å². The SMILES string of the molecule is CCCn1nccc1C1(O)CCc2ccc(OC)cc21. The van der Waals surface area contributed by atoms with E-state index in [4.69, 9.17) is 4.74 Å². The fourth-order valence-electron chi connectivity index (χ4n) is 3.08. The van der Waals surface area contributed by atoms with Crippen LogP contribution in [0.3, 0.4) is 0 Å². The first-order valence-electron chi connectivity index (χ1n) is 7.11. The maximum Gasteiger partial charge on any atom is 0.132 e. The van der Waals surface area contributed by atoms with Crippen LogP contribution < -0.4 is 4.74 Å². The zero-order valence-corrected chi connectivity index (χ0v) is 12.0. The Balaban J connectivity index is 2.09. The first-order valence-corrected chi connectivity index (χ1v) is 7.11. The summed E-state index contributed by atoms with van der Waals surface area (Å²) in [5.41, 5.74) is 2.08. The molecule has 4 heteroatoms. The number of rotatable bonds is 4. The van der Waals surface area contributed by atoms with E-state index in [1.54, 1.807) is 13.3 Å². The zero-order chi connectivity index (χ0) is 14.2. The number of aryl methyl sites for hydroxylation is 2. The molecule has 0 amide bonds. The summed E-state index contributed by atoms with van der Waals surface area (Å²) in [7, 11) is 1.65. The number of hydrogen-bond acceptors (Lipinski definition) is 3. The normalized spacial score (nSPS) is 20.9. The predicted molar refractivity (Wildman–Crippen MR) is 76.8 cm³/mol. The van der Waals surface area contributed by atoms with Gasteiger partial charge in [-0.25, -0.2) is 0 Å². The maximum atomic E-state index is 11.2. The highest BCUT2D eigenvalue weighted by Crippen LogP contribution is 2.43. The molecule has 4 nitrogen and oxygen atoms in total. The van der Waals surface area contributed by atoms with Gasteiger partial charge in [0, 0.05) is 12.7 Å². The Bertz CT molecular complexity index is 621. The molecule has 1 heterocycles. The Labute approximate surface area is 119 Å². The van der Waals surface area contributed by atoms with Crippen molar-refractivity contribution in [2.24, 2.45) is 0 Å². The lowest BCUT2D eigenvalue weighted by Gasteiger charge is -2.25. The van der Waals surface area contributed by atoms with Gasteiger partial charge in [0.05, 0.1) is 12.8 Å². The molecule has 1 atom stereocenters. The van der Waals surface area contributed by atoms with Crippen molar-refractivity contribution in [2.45, 2.75) is 38.3 Å². The molecule has 0 saturated carbocycles. The van der Waals surface area contributed by atoms with Crippen LogP contribution in [0.2, 0.25) is 0 Å². The van der Waals surface area contributed by atoms with Gasteiger partial charge in [-0.3, -0.25) is 4.68 Å². The molecule has 1 aromatic carbocycles. The number of nitrogens with zero attached hydrogens (tertiary/aromatic N) is 2. The molecular weight excluding hydrogens is 252 g/mol. The van der Waals surface area contributed by atoms with Crippen LogP contribution in [0.1, 0.15) is 36.6 Å². The molecule has 1 aliphatic carbocycles. The summed E-state index contributed by atoms with van der Waals surface area (Å²) in [6.45, 7) is 2.94. The quantitative estimate of drug-likeness (QED) is 0.930. The standard InChI is InChI=1S/C16H20N2O2/c1-3-10-18-15(7-9-17-18)16(19)8-6-12-4-5-13(20-2)11-14(12)16/h4-5,7,9,11,19H,3,6,8,10H2,1-2H3. The lowest BCUT2D eigenvalue weighted by Crippen LogP contribution is -2.28. The summed E-state index contributed by atoms with van der Waals surface area (Å²) < 4.78 is 7.21. The van der Waals surface area contributed by atoms with E-state index in [0.717, 1.165) is 36.4 Å². The average Bonchev–Trinajstić information content (AvgIpc) is 3.05. The molecule has 0 aliphatic heterocycles. The van der Waals surface area contributed by atoms with E-state index in [-0.39, 0.29) is 0 Å². The minimum absolute atomic E-state index is 0.699. The van der Waals surface area contributed by atoms with E-state index in [2.05, 4.69) is 12.0 Å². The molecule has 0 fully saturated rings. The summed E-state index contributed by atoms with van der Waals surface area (Å²) in [5.74, 6) is 0.783. The molecule has 1 aromatic heterocycles. The van der Waals surface area contributed by atoms with Crippen LogP contribution in [0, 0.1) is 0 Å². The Morgan fingerprint density at radius 1 is 1.40 bits per heavy atom. The van der Waals surface area contributed by atoms with Gasteiger partial charge < -0.3 is 9.84 Å². The molecule has 20 heavy (non-hydrogen) atoms. The predicted octanol–water partition coefficient (Wildman–Crippen LogP) is 2.48. The zero-order valence-electron chi connectivity index (χ0n) is 12.0. The van der Waals surface area contributed by atoms with E-state index in [9.17, 15) is 5.11 Å². The number of fused-ring (bicyclic) bond motifs is 1. The number of ether oxygens (including phenoxy) is 1. The second-order valence-corrected chi connectivity index (χ2v) is 5.32. The van der Waals surface area contributed by atoms with Crippen LogP contribution in [0.5, 0.6) is 5.75 Å². The number of aromatic nitrogens is 2. The van der Waals surface area contributed by atoms with Crippen LogP contribution in [0.15, 0.2) is 30.5 Å². The van der Waals surface area contributed by atoms with E-state index in [1.807, 2.05) is 28.9 Å². The Morgan fingerprint density at radius 3 is 3.00 bits per heavy atom. The van der Waals surface area contributed by atoms with Crippen LogP contribution >= 0.6 is 0 Å². The van der Waals surface area contributed by atoms with Crippen molar-refractivity contribution in [3.8, 4) is 5.75 Å². The maximum absolute atomic E-state index is 11.2. The highest BCUT2D eigenvalue weighted by atomic mass is 16.5. The van der Waals surface area contributed by atoms with Crippen LogP contribution in [-0.4, -0.2) is 22.0 Å². The first kappa shape index (κ1) is 13.2. The van der Waals surface area contributed by atoms with Gasteiger partial charge in [0.15, 0.2) is 0 Å². The van der Waals surface area contributed by atoms with E-state index < -0.39 is 5.60 Å². The molecule has 0 spiro atoms. The largest absolute Gasteiger partial charge is 0.497 e. The third kappa shape index (κ3) is 1.91. The summed E-state index contributed by atoms with van der Waals surface area (Å²) in [5, 5.41) is 15.6. The van der Waals surface area contributed by atoms with Crippen molar-refractivity contribution in [2.75, 3.05) is 7.11 Å². The number of methoxy groups -OCH3 is 1. The monoisotopic (exact) mass is 272 g/mol. The molecule has 0 bridgehead atoms. The number of benzene rings is 1. The van der Waals surface area contributed by atoms with E-state index >= 15 is 0 Å². The van der Waals surface area contributed by atoms with Crippen LogP contribution in [0.25, 0.3) is 0 Å². The van der Waals surface area contributed by atoms with Crippen LogP contribution in [0.4, 0.5) is 0 Å². The molecular formula is C16H20N2O2. The number of aliphatic hydroxyl groups is 1. The van der Waals surface area contributed by atoms with Crippen molar-refractivity contribution >= 4 is 0 Å². The van der Waals surface area contributed by atoms with Crippen molar-refractivity contribution in [1.82, 2.24) is 9.78 Å². The minimum Gasteiger partial charge on any atom is -0.497 e. The molecule has 106 valence electrons. The lowest BCUT2D eigenvalue weighted by atomic mass is 9.92.